The molecule has 0 fully saturated rings. The maximum absolute atomic E-state index is 4.81. The lowest BCUT2D eigenvalue weighted by Crippen LogP contribution is -2.56. The van der Waals surface area contributed by atoms with Crippen LogP contribution >= 0.6 is 69.6 Å². The summed E-state index contributed by atoms with van der Waals surface area (Å²) in [5.41, 5.74) is 24.6. The molecule has 0 radical (unpaired) electrons. The van der Waals surface area contributed by atoms with Gasteiger partial charge in [-0.3, -0.25) is 0 Å². The Morgan fingerprint density at radius 2 is 0.452 bits per heavy atom. The molecule has 0 saturated carbocycles. The molecule has 0 spiro atoms. The first-order valence-corrected chi connectivity index (χ1v) is 23.7. The first-order valence-electron chi connectivity index (χ1n) is 21.0. The van der Waals surface area contributed by atoms with Gasteiger partial charge in [-0.05, 0) is 115 Å². The molecule has 0 aromatic heterocycles. The largest absolute Gasteiger partial charge is 0.242 e. The molecular formula is C54H54B2Cl6. The Bertz CT molecular complexity index is 2450. The van der Waals surface area contributed by atoms with Crippen LogP contribution in [0.3, 0.4) is 0 Å². The molecule has 0 heterocycles. The minimum absolute atomic E-state index is 0.141. The monoisotopic (exact) mass is 934 g/mol. The summed E-state index contributed by atoms with van der Waals surface area (Å²) < 4.78 is -1.50. The lowest BCUT2D eigenvalue weighted by atomic mass is 9.34. The number of benzene rings is 8. The van der Waals surface area contributed by atoms with Gasteiger partial charge >= 0.3 is 0 Å². The van der Waals surface area contributed by atoms with Gasteiger partial charge in [0.2, 0.25) is 13.4 Å². The normalized spacial score (nSPS) is 11.4. The van der Waals surface area contributed by atoms with E-state index in [0.717, 1.165) is 0 Å². The highest BCUT2D eigenvalue weighted by Crippen LogP contribution is 2.34. The zero-order valence-electron chi connectivity index (χ0n) is 37.8. The highest BCUT2D eigenvalue weighted by atomic mass is 35.6. The van der Waals surface area contributed by atoms with Crippen molar-refractivity contribution in [2.45, 2.75) is 91.7 Å². The van der Waals surface area contributed by atoms with Crippen LogP contribution in [0.25, 0.3) is 32.3 Å². The highest BCUT2D eigenvalue weighted by Gasteiger charge is 2.31. The molecule has 318 valence electrons. The van der Waals surface area contributed by atoms with Crippen molar-refractivity contribution in [3.05, 3.63) is 164 Å². The Morgan fingerprint density at radius 3 is 0.613 bits per heavy atom. The van der Waals surface area contributed by atoms with Crippen molar-refractivity contribution in [2.24, 2.45) is 0 Å². The standard InChI is InChI=1S/C52H52B2.2CHCl3/c1-29-17-33(5)49(34(6)18-29)53(50-35(7)19-30(2)20-36(50)8)45-25-41-13-15-43-27-46(28-44-16-14-42(26-45)47(41)48(43)44)54(51-37(9)21-31(3)22-38(51)10)52-39(11)23-32(4)24-40(52)12;2*2-1(3)4/h13-28H,1-12H3;2*1H. The van der Waals surface area contributed by atoms with Gasteiger partial charge in [0.1, 0.15) is 0 Å². The van der Waals surface area contributed by atoms with Crippen molar-refractivity contribution in [1.82, 2.24) is 0 Å². The fraction of sp³-hybridized carbons (Fsp3) is 0.259. The van der Waals surface area contributed by atoms with Crippen LogP contribution in [-0.2, 0) is 0 Å². The molecule has 8 aromatic rings. The van der Waals surface area contributed by atoms with Crippen LogP contribution in [0, 0.1) is 83.1 Å². The zero-order valence-corrected chi connectivity index (χ0v) is 42.4. The third-order valence-corrected chi connectivity index (χ3v) is 12.4. The van der Waals surface area contributed by atoms with Gasteiger partial charge in [0, 0.05) is 0 Å². The number of alkyl halides is 6. The molecule has 0 aliphatic heterocycles. The van der Waals surface area contributed by atoms with E-state index in [1.165, 1.54) is 132 Å². The molecule has 0 amide bonds. The molecule has 0 aliphatic rings. The minimum atomic E-state index is -0.750. The van der Waals surface area contributed by atoms with E-state index in [1.807, 2.05) is 0 Å². The van der Waals surface area contributed by atoms with Crippen LogP contribution in [0.5, 0.6) is 0 Å². The first-order chi connectivity index (χ1) is 29.2. The Hall–Kier alpha value is -3.33. The molecule has 62 heavy (non-hydrogen) atoms. The number of hydrogen-bond donors (Lipinski definition) is 0. The smallest absolute Gasteiger partial charge is 0.0874 e. The van der Waals surface area contributed by atoms with Gasteiger partial charge in [-0.25, -0.2) is 0 Å². The van der Waals surface area contributed by atoms with Gasteiger partial charge < -0.3 is 0 Å². The number of aryl methyl sites for hydroxylation is 12. The van der Waals surface area contributed by atoms with E-state index in [2.05, 4.69) is 180 Å². The Kier molecular flexibility index (Phi) is 15.4. The molecular weight excluding hydrogens is 883 g/mol. The lowest BCUT2D eigenvalue weighted by Gasteiger charge is -2.26. The van der Waals surface area contributed by atoms with Crippen LogP contribution in [-0.4, -0.2) is 22.0 Å². The summed E-state index contributed by atoms with van der Waals surface area (Å²) in [5, 5.41) is 8.00. The third kappa shape index (κ3) is 10.3. The molecule has 0 unspecified atom stereocenters. The molecule has 0 saturated heterocycles. The summed E-state index contributed by atoms with van der Waals surface area (Å²) in [7, 11) is 0. The molecule has 8 rings (SSSR count). The average Bonchev–Trinajstić information content (AvgIpc) is 3.13. The average molecular weight is 937 g/mol. The highest BCUT2D eigenvalue weighted by molar-refractivity contribution is 6.97. The lowest BCUT2D eigenvalue weighted by molar-refractivity contribution is 1.34. The summed E-state index contributed by atoms with van der Waals surface area (Å²) in [5.74, 6) is 0. The second-order valence-corrected chi connectivity index (χ2v) is 21.4. The van der Waals surface area contributed by atoms with E-state index < -0.39 is 8.59 Å². The van der Waals surface area contributed by atoms with E-state index in [0.29, 0.717) is 0 Å². The quantitative estimate of drug-likeness (QED) is 0.0885. The molecule has 0 bridgehead atoms. The Labute approximate surface area is 400 Å². The van der Waals surface area contributed by atoms with E-state index in [9.17, 15) is 0 Å². The fourth-order valence-corrected chi connectivity index (χ4v) is 10.8. The first kappa shape index (κ1) is 48.1. The number of rotatable bonds is 6. The van der Waals surface area contributed by atoms with Gasteiger partial charge in [-0.1, -0.05) is 266 Å². The number of hydrogen-bond acceptors (Lipinski definition) is 0. The van der Waals surface area contributed by atoms with E-state index in [1.54, 1.807) is 0 Å². The molecule has 8 heteroatoms. The van der Waals surface area contributed by atoms with Crippen LogP contribution < -0.4 is 32.8 Å². The van der Waals surface area contributed by atoms with E-state index in [4.69, 9.17) is 69.6 Å². The summed E-state index contributed by atoms with van der Waals surface area (Å²) >= 11 is 28.8. The summed E-state index contributed by atoms with van der Waals surface area (Å²) in [6, 6.07) is 38.5. The Morgan fingerprint density at radius 1 is 0.290 bits per heavy atom. The van der Waals surface area contributed by atoms with E-state index in [-0.39, 0.29) is 13.4 Å². The van der Waals surface area contributed by atoms with E-state index >= 15 is 0 Å². The fourth-order valence-electron chi connectivity index (χ4n) is 10.8. The van der Waals surface area contributed by atoms with Crippen molar-refractivity contribution < 1.29 is 0 Å². The van der Waals surface area contributed by atoms with Crippen molar-refractivity contribution in [1.29, 1.82) is 0 Å². The molecule has 8 aromatic carbocycles. The van der Waals surface area contributed by atoms with Crippen LogP contribution in [0.4, 0.5) is 0 Å². The topological polar surface area (TPSA) is 0 Å². The zero-order chi connectivity index (χ0) is 45.5. The molecule has 0 atom stereocenters. The summed E-state index contributed by atoms with van der Waals surface area (Å²) in [6.07, 6.45) is 0. The predicted octanol–water partition coefficient (Wildman–Crippen LogP) is 13.3. The van der Waals surface area contributed by atoms with Crippen LogP contribution in [0.1, 0.15) is 66.8 Å². The maximum Gasteiger partial charge on any atom is 0.242 e. The maximum atomic E-state index is 4.81. The van der Waals surface area contributed by atoms with Gasteiger partial charge in [0.15, 0.2) is 8.59 Å². The summed E-state index contributed by atoms with van der Waals surface area (Å²) in [4.78, 5) is 0. The molecule has 0 N–H and O–H groups in total. The van der Waals surface area contributed by atoms with Gasteiger partial charge in [0.25, 0.3) is 0 Å². The van der Waals surface area contributed by atoms with Gasteiger partial charge in [-0.2, -0.15) is 0 Å². The second kappa shape index (κ2) is 19.8. The van der Waals surface area contributed by atoms with Gasteiger partial charge in [0.05, 0.1) is 0 Å². The second-order valence-electron chi connectivity index (χ2n) is 17.4. The molecule has 0 aliphatic carbocycles. The SMILES string of the molecule is Cc1cc(C)c(B(c2cc3ccc4cc(B(c5c(C)cc(C)cc5C)c5c(C)cc(C)cc5C)cc5ccc(c2)c3c45)c2c(C)cc(C)cc2C)c(C)c1.ClC(Cl)Cl.ClC(Cl)Cl. The Balaban J connectivity index is 0.000000740. The predicted molar refractivity (Wildman–Crippen MR) is 285 cm³/mol. The van der Waals surface area contributed by atoms with Crippen molar-refractivity contribution in [3.8, 4) is 0 Å². The number of halogens is 6. The van der Waals surface area contributed by atoms with Crippen molar-refractivity contribution >= 4 is 148 Å². The van der Waals surface area contributed by atoms with Crippen molar-refractivity contribution in [2.75, 3.05) is 0 Å². The summed E-state index contributed by atoms with van der Waals surface area (Å²) in [6.45, 7) is 27.6. The third-order valence-electron chi connectivity index (χ3n) is 12.4. The minimum Gasteiger partial charge on any atom is -0.0874 e. The van der Waals surface area contributed by atoms with Crippen LogP contribution in [0.15, 0.2) is 97.1 Å². The molecule has 0 nitrogen and oxygen atoms in total. The van der Waals surface area contributed by atoms with Crippen molar-refractivity contribution in [3.63, 3.8) is 0 Å². The van der Waals surface area contributed by atoms with Crippen LogP contribution in [0.2, 0.25) is 0 Å². The van der Waals surface area contributed by atoms with Gasteiger partial charge in [-0.15, -0.1) is 0 Å².